The number of ether oxygens (including phenoxy) is 2. The van der Waals surface area contributed by atoms with Crippen molar-refractivity contribution in [1.29, 1.82) is 0 Å². The second kappa shape index (κ2) is 8.04. The number of nitrogens with zero attached hydrogens (tertiary/aromatic N) is 1. The molecule has 0 amide bonds. The lowest BCUT2D eigenvalue weighted by Crippen LogP contribution is -2.22. The molecule has 0 radical (unpaired) electrons. The Morgan fingerprint density at radius 3 is 2.40 bits per heavy atom. The number of halogens is 1. The Morgan fingerprint density at radius 1 is 1.23 bits per heavy atom. The van der Waals surface area contributed by atoms with E-state index in [1.165, 1.54) is 18.3 Å². The van der Waals surface area contributed by atoms with Crippen LogP contribution in [0, 0.1) is 0 Å². The fourth-order valence-corrected chi connectivity index (χ4v) is 4.28. The average Bonchev–Trinajstić information content (AvgIpc) is 2.88. The van der Waals surface area contributed by atoms with E-state index in [-0.39, 0.29) is 16.6 Å². The third-order valence-electron chi connectivity index (χ3n) is 5.08. The average molecular weight is 450 g/mol. The van der Waals surface area contributed by atoms with Crippen molar-refractivity contribution in [3.05, 3.63) is 58.6 Å². The van der Waals surface area contributed by atoms with Crippen molar-refractivity contribution < 1.29 is 22.7 Å². The smallest absolute Gasteiger partial charge is 0.375 e. The van der Waals surface area contributed by atoms with Gasteiger partial charge >= 0.3 is 5.97 Å². The molecule has 0 spiro atoms. The molecule has 1 aliphatic rings. The number of cyclic esters (lactones) is 1. The normalized spacial score (nSPS) is 17.1. The third kappa shape index (κ3) is 4.37. The maximum absolute atomic E-state index is 12.6. The topological polar surface area (TPSA) is 82.6 Å². The van der Waals surface area contributed by atoms with Crippen molar-refractivity contribution in [3.8, 4) is 5.75 Å². The van der Waals surface area contributed by atoms with Gasteiger partial charge < -0.3 is 9.47 Å². The largest absolute Gasteiger partial charge is 0.449 e. The number of sulfone groups is 1. The van der Waals surface area contributed by atoms with Gasteiger partial charge in [-0.05, 0) is 43.9 Å². The third-order valence-corrected chi connectivity index (χ3v) is 6.51. The van der Waals surface area contributed by atoms with Crippen LogP contribution in [0.1, 0.15) is 51.3 Å². The number of hydrogen-bond donors (Lipinski definition) is 0. The lowest BCUT2D eigenvalue weighted by molar-refractivity contribution is -0.145. The van der Waals surface area contributed by atoms with Gasteiger partial charge in [0.15, 0.2) is 9.84 Å². The highest BCUT2D eigenvalue weighted by Gasteiger charge is 2.43. The summed E-state index contributed by atoms with van der Waals surface area (Å²) in [6, 6.07) is 7.89. The van der Waals surface area contributed by atoms with Crippen molar-refractivity contribution in [2.24, 2.45) is 0 Å². The summed E-state index contributed by atoms with van der Waals surface area (Å²) >= 11 is 6.36. The predicted molar refractivity (Wildman–Crippen MR) is 115 cm³/mol. The fourth-order valence-electron chi connectivity index (χ4n) is 3.31. The number of hydrogen-bond acceptors (Lipinski definition) is 6. The first-order valence-electron chi connectivity index (χ1n) is 9.56. The number of benzene rings is 1. The van der Waals surface area contributed by atoms with Gasteiger partial charge in [-0.3, -0.25) is 4.98 Å². The molecule has 1 aromatic carbocycles. The zero-order valence-electron chi connectivity index (χ0n) is 17.5. The number of pyridine rings is 1. The first-order chi connectivity index (χ1) is 13.9. The summed E-state index contributed by atoms with van der Waals surface area (Å²) in [6.45, 7) is 7.58. The van der Waals surface area contributed by atoms with E-state index in [9.17, 15) is 13.2 Å². The van der Waals surface area contributed by atoms with E-state index in [1.807, 2.05) is 6.92 Å². The molecule has 160 valence electrons. The monoisotopic (exact) mass is 449 g/mol. The second-order valence-electron chi connectivity index (χ2n) is 7.85. The number of carbonyl (C=O) groups excluding carboxylic acids is 1. The van der Waals surface area contributed by atoms with Gasteiger partial charge in [-0.15, -0.1) is 0 Å². The van der Waals surface area contributed by atoms with Crippen LogP contribution in [0.5, 0.6) is 5.75 Å². The predicted octanol–water partition coefficient (Wildman–Crippen LogP) is 4.78. The zero-order valence-corrected chi connectivity index (χ0v) is 19.1. The maximum atomic E-state index is 12.6. The van der Waals surface area contributed by atoms with E-state index >= 15 is 0 Å². The molecule has 1 aliphatic heterocycles. The van der Waals surface area contributed by atoms with Crippen LogP contribution >= 0.6 is 11.6 Å². The van der Waals surface area contributed by atoms with Crippen molar-refractivity contribution in [3.63, 3.8) is 0 Å². The Bertz CT molecular complexity index is 1120. The van der Waals surface area contributed by atoms with Crippen LogP contribution in [0.25, 0.3) is 5.57 Å². The van der Waals surface area contributed by atoms with Gasteiger partial charge in [0.1, 0.15) is 11.4 Å². The number of aromatic nitrogens is 1. The van der Waals surface area contributed by atoms with Gasteiger partial charge in [-0.1, -0.05) is 37.6 Å². The summed E-state index contributed by atoms with van der Waals surface area (Å²) in [7, 11) is -3.33. The molecule has 30 heavy (non-hydrogen) atoms. The Balaban J connectivity index is 2.03. The van der Waals surface area contributed by atoms with E-state index in [2.05, 4.69) is 11.9 Å². The molecule has 0 fully saturated rings. The maximum Gasteiger partial charge on any atom is 0.375 e. The molecular weight excluding hydrogens is 426 g/mol. The Morgan fingerprint density at radius 2 is 1.87 bits per heavy atom. The first-order valence-corrected chi connectivity index (χ1v) is 11.8. The van der Waals surface area contributed by atoms with Gasteiger partial charge in [0.25, 0.3) is 0 Å². The van der Waals surface area contributed by atoms with Crippen LogP contribution in [-0.2, 0) is 19.4 Å². The summed E-state index contributed by atoms with van der Waals surface area (Å²) in [5.41, 5.74) is 0.969. The van der Waals surface area contributed by atoms with Crippen LogP contribution in [0.4, 0.5) is 0 Å². The van der Waals surface area contributed by atoms with Crippen molar-refractivity contribution in [1.82, 2.24) is 4.98 Å². The standard InChI is InChI=1S/C22H24ClNO5S/c1-6-13(2)19-17(23)11-15(12-24-19)28-20-18(22(3,4)29-21(20)25)14-7-9-16(10-8-14)30(5,26)27/h7-13H,6H2,1-5H3. The van der Waals surface area contributed by atoms with Gasteiger partial charge in [-0.2, -0.15) is 0 Å². The molecule has 0 aliphatic carbocycles. The van der Waals surface area contributed by atoms with Crippen LogP contribution < -0.4 is 4.74 Å². The lowest BCUT2D eigenvalue weighted by atomic mass is 9.92. The molecular formula is C22H24ClNO5S. The molecule has 0 saturated heterocycles. The molecule has 0 saturated carbocycles. The van der Waals surface area contributed by atoms with Crippen molar-refractivity contribution >= 4 is 33.0 Å². The number of rotatable bonds is 6. The molecule has 0 bridgehead atoms. The molecule has 1 aromatic heterocycles. The summed E-state index contributed by atoms with van der Waals surface area (Å²) in [6.07, 6.45) is 3.57. The Hall–Kier alpha value is -2.38. The second-order valence-corrected chi connectivity index (χ2v) is 10.3. The molecule has 0 N–H and O–H groups in total. The minimum atomic E-state index is -3.33. The highest BCUT2D eigenvalue weighted by atomic mass is 35.5. The molecule has 6 nitrogen and oxygen atoms in total. The zero-order chi connectivity index (χ0) is 22.3. The van der Waals surface area contributed by atoms with E-state index < -0.39 is 21.4 Å². The molecule has 2 heterocycles. The summed E-state index contributed by atoms with van der Waals surface area (Å²) < 4.78 is 34.9. The van der Waals surface area contributed by atoms with Gasteiger partial charge in [0, 0.05) is 12.3 Å². The molecule has 8 heteroatoms. The van der Waals surface area contributed by atoms with E-state index in [4.69, 9.17) is 21.1 Å². The van der Waals surface area contributed by atoms with Crippen LogP contribution in [-0.4, -0.2) is 31.2 Å². The molecule has 3 rings (SSSR count). The van der Waals surface area contributed by atoms with E-state index in [0.29, 0.717) is 21.9 Å². The SMILES string of the molecule is CCC(C)c1ncc(OC2=C(c3ccc(S(C)(=O)=O)cc3)C(C)(C)OC2=O)cc1Cl. The lowest BCUT2D eigenvalue weighted by Gasteiger charge is -2.21. The summed E-state index contributed by atoms with van der Waals surface area (Å²) in [4.78, 5) is 17.1. The Labute approximate surface area is 181 Å². The quantitative estimate of drug-likeness (QED) is 0.590. The van der Waals surface area contributed by atoms with Crippen molar-refractivity contribution in [2.75, 3.05) is 6.26 Å². The minimum absolute atomic E-state index is 0.0289. The first kappa shape index (κ1) is 22.3. The van der Waals surface area contributed by atoms with Gasteiger partial charge in [-0.25, -0.2) is 13.2 Å². The Kier molecular flexibility index (Phi) is 5.98. The summed E-state index contributed by atoms with van der Waals surface area (Å²) in [5.74, 6) is -0.0578. The van der Waals surface area contributed by atoms with Gasteiger partial charge in [0.2, 0.25) is 5.76 Å². The van der Waals surface area contributed by atoms with Crippen LogP contribution in [0.3, 0.4) is 0 Å². The van der Waals surface area contributed by atoms with E-state index in [1.54, 1.807) is 32.0 Å². The highest BCUT2D eigenvalue weighted by Crippen LogP contribution is 2.41. The number of carbonyl (C=O) groups is 1. The minimum Gasteiger partial charge on any atom is -0.449 e. The molecule has 2 aromatic rings. The number of esters is 1. The summed E-state index contributed by atoms with van der Waals surface area (Å²) in [5, 5.41) is 0.465. The van der Waals surface area contributed by atoms with Crippen molar-refractivity contribution in [2.45, 2.75) is 50.5 Å². The highest BCUT2D eigenvalue weighted by molar-refractivity contribution is 7.90. The fraction of sp³-hybridized carbons (Fsp3) is 0.364. The van der Waals surface area contributed by atoms with E-state index in [0.717, 1.165) is 18.4 Å². The molecule has 1 unspecified atom stereocenters. The van der Waals surface area contributed by atoms with Gasteiger partial charge in [0.05, 0.1) is 27.4 Å². The molecule has 1 atom stereocenters. The van der Waals surface area contributed by atoms with Crippen LogP contribution in [0.15, 0.2) is 47.2 Å². The van der Waals surface area contributed by atoms with Crippen LogP contribution in [0.2, 0.25) is 5.02 Å².